The monoisotopic (exact) mass is 327 g/mol. The average molecular weight is 327 g/mol. The fourth-order valence-corrected chi connectivity index (χ4v) is 2.25. The van der Waals surface area contributed by atoms with Crippen molar-refractivity contribution in [3.8, 4) is 0 Å². The standard InChI is InChI=1S/C16H10FN3O4/c17-11-3-1-10(2-4-11)15(21)8-19-9-18-14-6-5-12(20(23)24)7-13(14)16(19)22/h1-7,9H,8H2. The molecule has 0 bridgehead atoms. The molecule has 7 nitrogen and oxygen atoms in total. The topological polar surface area (TPSA) is 95.1 Å². The Kier molecular flexibility index (Phi) is 3.87. The molecule has 0 N–H and O–H groups in total. The molecule has 8 heteroatoms. The minimum atomic E-state index is -0.611. The second-order valence-electron chi connectivity index (χ2n) is 5.07. The summed E-state index contributed by atoms with van der Waals surface area (Å²) in [6, 6.07) is 8.70. The van der Waals surface area contributed by atoms with Crippen molar-refractivity contribution in [2.75, 3.05) is 0 Å². The van der Waals surface area contributed by atoms with E-state index >= 15 is 0 Å². The van der Waals surface area contributed by atoms with Crippen molar-refractivity contribution in [2.45, 2.75) is 6.54 Å². The second-order valence-corrected chi connectivity index (χ2v) is 5.07. The van der Waals surface area contributed by atoms with Gasteiger partial charge < -0.3 is 0 Å². The maximum Gasteiger partial charge on any atom is 0.270 e. The van der Waals surface area contributed by atoms with E-state index in [2.05, 4.69) is 4.98 Å². The van der Waals surface area contributed by atoms with Gasteiger partial charge in [-0.1, -0.05) is 0 Å². The second kappa shape index (κ2) is 5.99. The average Bonchev–Trinajstić information content (AvgIpc) is 2.57. The molecule has 0 amide bonds. The van der Waals surface area contributed by atoms with E-state index in [0.29, 0.717) is 5.52 Å². The van der Waals surface area contributed by atoms with Crippen LogP contribution in [0.2, 0.25) is 0 Å². The molecule has 0 aliphatic heterocycles. The van der Waals surface area contributed by atoms with Gasteiger partial charge in [0.25, 0.3) is 11.2 Å². The first kappa shape index (κ1) is 15.5. The lowest BCUT2D eigenvalue weighted by molar-refractivity contribution is -0.384. The van der Waals surface area contributed by atoms with E-state index in [0.717, 1.165) is 22.8 Å². The number of carbonyl (C=O) groups excluding carboxylic acids is 1. The van der Waals surface area contributed by atoms with Crippen LogP contribution in [0.3, 0.4) is 0 Å². The molecule has 0 radical (unpaired) electrons. The van der Waals surface area contributed by atoms with Gasteiger partial charge in [0.05, 0.1) is 28.7 Å². The molecule has 1 aromatic heterocycles. The maximum absolute atomic E-state index is 12.9. The van der Waals surface area contributed by atoms with Crippen LogP contribution in [0, 0.1) is 15.9 Å². The van der Waals surface area contributed by atoms with Crippen molar-refractivity contribution in [1.29, 1.82) is 0 Å². The summed E-state index contributed by atoms with van der Waals surface area (Å²) in [6.45, 7) is -0.296. The molecule has 0 atom stereocenters. The zero-order valence-corrected chi connectivity index (χ0v) is 12.2. The van der Waals surface area contributed by atoms with Crippen LogP contribution in [-0.4, -0.2) is 20.3 Å². The van der Waals surface area contributed by atoms with Gasteiger partial charge in [-0.25, -0.2) is 9.37 Å². The lowest BCUT2D eigenvalue weighted by atomic mass is 10.1. The number of fused-ring (bicyclic) bond motifs is 1. The molecule has 24 heavy (non-hydrogen) atoms. The summed E-state index contributed by atoms with van der Waals surface area (Å²) in [5.74, 6) is -0.868. The van der Waals surface area contributed by atoms with Gasteiger partial charge in [0.15, 0.2) is 5.78 Å². The van der Waals surface area contributed by atoms with Gasteiger partial charge in [-0.3, -0.25) is 24.3 Å². The summed E-state index contributed by atoms with van der Waals surface area (Å²) in [5.41, 5.74) is -0.235. The fourth-order valence-electron chi connectivity index (χ4n) is 2.25. The summed E-state index contributed by atoms with van der Waals surface area (Å²) in [6.07, 6.45) is 1.21. The first-order valence-electron chi connectivity index (χ1n) is 6.88. The zero-order valence-electron chi connectivity index (χ0n) is 12.2. The summed E-state index contributed by atoms with van der Waals surface area (Å²) >= 11 is 0. The van der Waals surface area contributed by atoms with Gasteiger partial charge in [-0.2, -0.15) is 0 Å². The quantitative estimate of drug-likeness (QED) is 0.416. The molecule has 0 saturated heterocycles. The molecule has 0 aliphatic carbocycles. The summed E-state index contributed by atoms with van der Waals surface area (Å²) in [7, 11) is 0. The van der Waals surface area contributed by atoms with E-state index < -0.39 is 22.1 Å². The normalized spacial score (nSPS) is 10.7. The summed E-state index contributed by atoms with van der Waals surface area (Å²) in [5, 5.41) is 10.9. The van der Waals surface area contributed by atoms with E-state index in [1.54, 1.807) is 0 Å². The third-order valence-corrected chi connectivity index (χ3v) is 3.50. The molecule has 0 fully saturated rings. The van der Waals surface area contributed by atoms with E-state index in [9.17, 15) is 24.1 Å². The Hall–Kier alpha value is -3.42. The van der Waals surface area contributed by atoms with Gasteiger partial charge in [-0.15, -0.1) is 0 Å². The number of non-ortho nitro benzene ring substituents is 1. The first-order valence-corrected chi connectivity index (χ1v) is 6.88. The highest BCUT2D eigenvalue weighted by molar-refractivity contribution is 5.96. The van der Waals surface area contributed by atoms with E-state index in [4.69, 9.17) is 0 Å². The Labute approximate surface area is 134 Å². The SMILES string of the molecule is O=C(Cn1cnc2ccc([N+](=O)[O-])cc2c1=O)c1ccc(F)cc1. The van der Waals surface area contributed by atoms with Crippen molar-refractivity contribution >= 4 is 22.4 Å². The van der Waals surface area contributed by atoms with Crippen molar-refractivity contribution in [1.82, 2.24) is 9.55 Å². The number of carbonyl (C=O) groups is 1. The molecule has 0 saturated carbocycles. The minimum absolute atomic E-state index is 0.0543. The van der Waals surface area contributed by atoms with Crippen LogP contribution in [0.5, 0.6) is 0 Å². The number of hydrogen-bond acceptors (Lipinski definition) is 5. The summed E-state index contributed by atoms with van der Waals surface area (Å²) < 4.78 is 14.0. The van der Waals surface area contributed by atoms with Crippen LogP contribution >= 0.6 is 0 Å². The zero-order chi connectivity index (χ0) is 17.3. The Bertz CT molecular complexity index is 1010. The fraction of sp³-hybridized carbons (Fsp3) is 0.0625. The van der Waals surface area contributed by atoms with Gasteiger partial charge in [-0.05, 0) is 30.3 Å². The highest BCUT2D eigenvalue weighted by Gasteiger charge is 2.13. The smallest absolute Gasteiger partial charge is 0.270 e. The molecule has 3 aromatic rings. The number of nitrogens with zero attached hydrogens (tertiary/aromatic N) is 3. The molecule has 0 aliphatic rings. The van der Waals surface area contributed by atoms with Crippen LogP contribution in [0.1, 0.15) is 10.4 Å². The molecular weight excluding hydrogens is 317 g/mol. The van der Waals surface area contributed by atoms with E-state index in [-0.39, 0.29) is 23.2 Å². The van der Waals surface area contributed by atoms with Crippen LogP contribution < -0.4 is 5.56 Å². The highest BCUT2D eigenvalue weighted by Crippen LogP contribution is 2.16. The predicted octanol–water partition coefficient (Wildman–Crippen LogP) is 2.33. The summed E-state index contributed by atoms with van der Waals surface area (Å²) in [4.78, 5) is 38.8. The van der Waals surface area contributed by atoms with Gasteiger partial charge >= 0.3 is 0 Å². The van der Waals surface area contributed by atoms with Crippen molar-refractivity contribution in [2.24, 2.45) is 0 Å². The molecule has 3 rings (SSSR count). The number of Topliss-reactive ketones (excluding diaryl/α,β-unsaturated/α-hetero) is 1. The number of aromatic nitrogens is 2. The molecular formula is C16H10FN3O4. The first-order chi connectivity index (χ1) is 11.5. The highest BCUT2D eigenvalue weighted by atomic mass is 19.1. The third kappa shape index (κ3) is 2.89. The number of benzene rings is 2. The number of nitro groups is 1. The van der Waals surface area contributed by atoms with Gasteiger partial charge in [0, 0.05) is 17.7 Å². The number of ketones is 1. The van der Waals surface area contributed by atoms with Crippen molar-refractivity contribution in [3.63, 3.8) is 0 Å². The number of nitro benzene ring substituents is 1. The largest absolute Gasteiger partial charge is 0.292 e. The van der Waals surface area contributed by atoms with Crippen LogP contribution in [0.25, 0.3) is 10.9 Å². The van der Waals surface area contributed by atoms with E-state index in [1.807, 2.05) is 0 Å². The lowest BCUT2D eigenvalue weighted by Gasteiger charge is -2.06. The number of halogens is 1. The van der Waals surface area contributed by atoms with Crippen molar-refractivity contribution in [3.05, 3.63) is 80.6 Å². The Morgan fingerprint density at radius 2 is 1.92 bits per heavy atom. The van der Waals surface area contributed by atoms with E-state index in [1.165, 1.54) is 30.6 Å². The predicted molar refractivity (Wildman–Crippen MR) is 83.4 cm³/mol. The lowest BCUT2D eigenvalue weighted by Crippen LogP contribution is -2.24. The van der Waals surface area contributed by atoms with Gasteiger partial charge in [0.1, 0.15) is 5.82 Å². The molecule has 0 spiro atoms. The third-order valence-electron chi connectivity index (χ3n) is 3.50. The Morgan fingerprint density at radius 1 is 1.21 bits per heavy atom. The number of rotatable bonds is 4. The maximum atomic E-state index is 12.9. The van der Waals surface area contributed by atoms with Crippen LogP contribution in [0.4, 0.5) is 10.1 Å². The Balaban J connectivity index is 1.99. The van der Waals surface area contributed by atoms with Crippen molar-refractivity contribution < 1.29 is 14.1 Å². The Morgan fingerprint density at radius 3 is 2.58 bits per heavy atom. The van der Waals surface area contributed by atoms with Crippen LogP contribution in [-0.2, 0) is 6.54 Å². The molecule has 2 aromatic carbocycles. The molecule has 0 unspecified atom stereocenters. The molecule has 120 valence electrons. The molecule has 1 heterocycles. The van der Waals surface area contributed by atoms with Crippen LogP contribution in [0.15, 0.2) is 53.6 Å². The minimum Gasteiger partial charge on any atom is -0.292 e. The number of hydrogen-bond donors (Lipinski definition) is 0. The van der Waals surface area contributed by atoms with Gasteiger partial charge in [0.2, 0.25) is 0 Å².